The molecule has 2 atom stereocenters. The molecule has 0 fully saturated rings. The zero-order chi connectivity index (χ0) is 20.7. The molecule has 3 nitrogen and oxygen atoms in total. The topological polar surface area (TPSA) is 41.1 Å². The smallest absolute Gasteiger partial charge is 0.163 e. The van der Waals surface area contributed by atoms with E-state index in [1.807, 2.05) is 24.3 Å². The number of hydrogen-bond donors (Lipinski definition) is 2. The molecule has 1 aliphatic heterocycles. The molecule has 0 radical (unpaired) electrons. The Balaban J connectivity index is 1.61. The summed E-state index contributed by atoms with van der Waals surface area (Å²) < 4.78 is 1.01. The predicted octanol–water partition coefficient (Wildman–Crippen LogP) is 6.74. The van der Waals surface area contributed by atoms with Crippen molar-refractivity contribution < 1.29 is 4.79 Å². The molecule has 3 aromatic rings. The second kappa shape index (κ2) is 7.77. The van der Waals surface area contributed by atoms with Gasteiger partial charge in [0.2, 0.25) is 0 Å². The fourth-order valence-electron chi connectivity index (χ4n) is 4.50. The quantitative estimate of drug-likeness (QED) is 0.446. The standard InChI is InChI=1S/C26H23BrN2O/c1-16-9-11-17(12-10-16)19-14-23-25(24(30)15-19)26(18-5-4-6-20(27)13-18)29-22-8-3-2-7-21(22)28-23/h2-13,19,26,28-29H,14-15H2,1H3/t19-,26-/m1/s1. The molecular formula is C26H23BrN2O. The van der Waals surface area contributed by atoms with Gasteiger partial charge in [-0.2, -0.15) is 0 Å². The molecular weight excluding hydrogens is 436 g/mol. The lowest BCUT2D eigenvalue weighted by atomic mass is 9.78. The summed E-state index contributed by atoms with van der Waals surface area (Å²) in [4.78, 5) is 13.5. The minimum atomic E-state index is -0.180. The Labute approximate surface area is 185 Å². The maximum Gasteiger partial charge on any atom is 0.163 e. The van der Waals surface area contributed by atoms with Crippen LogP contribution in [0.15, 0.2) is 88.5 Å². The number of rotatable bonds is 2. The lowest BCUT2D eigenvalue weighted by Gasteiger charge is -2.30. The highest BCUT2D eigenvalue weighted by Crippen LogP contribution is 2.44. The lowest BCUT2D eigenvalue weighted by Crippen LogP contribution is -2.26. The number of ketones is 1. The number of nitrogens with one attached hydrogen (secondary N) is 2. The normalized spacial score (nSPS) is 20.5. The lowest BCUT2D eigenvalue weighted by molar-refractivity contribution is -0.116. The first-order valence-corrected chi connectivity index (χ1v) is 11.1. The Hall–Kier alpha value is -2.85. The van der Waals surface area contributed by atoms with E-state index in [0.717, 1.165) is 39.1 Å². The number of para-hydroxylation sites is 2. The van der Waals surface area contributed by atoms with Crippen molar-refractivity contribution in [1.29, 1.82) is 0 Å². The van der Waals surface area contributed by atoms with Crippen LogP contribution in [-0.4, -0.2) is 5.78 Å². The van der Waals surface area contributed by atoms with Gasteiger partial charge in [0.25, 0.3) is 0 Å². The van der Waals surface area contributed by atoms with Gasteiger partial charge in [-0.15, -0.1) is 0 Å². The minimum absolute atomic E-state index is 0.180. The summed E-state index contributed by atoms with van der Waals surface area (Å²) in [5.41, 5.74) is 7.45. The second-order valence-corrected chi connectivity index (χ2v) is 9.05. The minimum Gasteiger partial charge on any atom is -0.372 e. The van der Waals surface area contributed by atoms with Crippen molar-refractivity contribution in [3.63, 3.8) is 0 Å². The number of fused-ring (bicyclic) bond motifs is 1. The van der Waals surface area contributed by atoms with Gasteiger partial charge >= 0.3 is 0 Å². The van der Waals surface area contributed by atoms with Crippen molar-refractivity contribution in [3.8, 4) is 0 Å². The van der Waals surface area contributed by atoms with Crippen molar-refractivity contribution in [2.45, 2.75) is 31.7 Å². The first-order chi connectivity index (χ1) is 14.6. The number of hydrogen-bond acceptors (Lipinski definition) is 3. The number of carbonyl (C=O) groups excluding carboxylic acids is 1. The number of halogens is 1. The molecule has 0 spiro atoms. The highest BCUT2D eigenvalue weighted by atomic mass is 79.9. The summed E-state index contributed by atoms with van der Waals surface area (Å²) in [6.07, 6.45) is 1.36. The van der Waals surface area contributed by atoms with Crippen molar-refractivity contribution >= 4 is 33.1 Å². The third-order valence-corrected chi connectivity index (χ3v) is 6.53. The van der Waals surface area contributed by atoms with Crippen molar-refractivity contribution in [2.75, 3.05) is 10.6 Å². The molecule has 4 heteroatoms. The third-order valence-electron chi connectivity index (χ3n) is 6.04. The molecule has 0 saturated heterocycles. The van der Waals surface area contributed by atoms with E-state index in [0.29, 0.717) is 6.42 Å². The van der Waals surface area contributed by atoms with Gasteiger partial charge < -0.3 is 10.6 Å². The average molecular weight is 459 g/mol. The Kier molecular flexibility index (Phi) is 4.95. The van der Waals surface area contributed by atoms with Crippen LogP contribution in [0, 0.1) is 6.92 Å². The Bertz CT molecular complexity index is 1150. The van der Waals surface area contributed by atoms with Gasteiger partial charge in [0.1, 0.15) is 0 Å². The number of anilines is 2. The van der Waals surface area contributed by atoms with Crippen LogP contribution in [0.1, 0.15) is 41.5 Å². The van der Waals surface area contributed by atoms with E-state index in [2.05, 4.69) is 82.0 Å². The van der Waals surface area contributed by atoms with Crippen LogP contribution in [0.3, 0.4) is 0 Å². The first kappa shape index (κ1) is 19.1. The van der Waals surface area contributed by atoms with Crippen molar-refractivity contribution in [2.24, 2.45) is 0 Å². The van der Waals surface area contributed by atoms with Gasteiger partial charge in [-0.25, -0.2) is 0 Å². The molecule has 3 aromatic carbocycles. The van der Waals surface area contributed by atoms with E-state index in [1.54, 1.807) is 0 Å². The highest BCUT2D eigenvalue weighted by Gasteiger charge is 2.36. The zero-order valence-corrected chi connectivity index (χ0v) is 18.4. The van der Waals surface area contributed by atoms with E-state index >= 15 is 0 Å². The maximum atomic E-state index is 13.5. The van der Waals surface area contributed by atoms with E-state index in [-0.39, 0.29) is 17.7 Å². The van der Waals surface area contributed by atoms with Crippen LogP contribution in [0.25, 0.3) is 0 Å². The number of allylic oxidation sites excluding steroid dienone is 1. The Morgan fingerprint density at radius 3 is 2.40 bits per heavy atom. The summed E-state index contributed by atoms with van der Waals surface area (Å²) in [5, 5.41) is 7.23. The second-order valence-electron chi connectivity index (χ2n) is 8.13. The van der Waals surface area contributed by atoms with Gasteiger partial charge in [0.05, 0.1) is 17.4 Å². The van der Waals surface area contributed by atoms with Crippen molar-refractivity contribution in [3.05, 3.63) is 105 Å². The molecule has 0 saturated carbocycles. The van der Waals surface area contributed by atoms with Crippen LogP contribution >= 0.6 is 15.9 Å². The molecule has 1 aliphatic carbocycles. The number of benzene rings is 3. The Morgan fingerprint density at radius 2 is 1.63 bits per heavy atom. The molecule has 0 aromatic heterocycles. The summed E-state index contributed by atoms with van der Waals surface area (Å²) in [6.45, 7) is 2.09. The highest BCUT2D eigenvalue weighted by molar-refractivity contribution is 9.10. The van der Waals surface area contributed by atoms with E-state index in [9.17, 15) is 4.79 Å². The van der Waals surface area contributed by atoms with Crippen molar-refractivity contribution in [1.82, 2.24) is 0 Å². The van der Waals surface area contributed by atoms with E-state index < -0.39 is 0 Å². The summed E-state index contributed by atoms with van der Waals surface area (Å²) >= 11 is 3.58. The van der Waals surface area contributed by atoms with Gasteiger partial charge in [-0.1, -0.05) is 70.0 Å². The van der Waals surface area contributed by atoms with Gasteiger partial charge in [-0.3, -0.25) is 4.79 Å². The predicted molar refractivity (Wildman–Crippen MR) is 126 cm³/mol. The van der Waals surface area contributed by atoms with Crippen LogP contribution in [0.5, 0.6) is 0 Å². The third kappa shape index (κ3) is 3.56. The van der Waals surface area contributed by atoms with Crippen LogP contribution in [-0.2, 0) is 4.79 Å². The van der Waals surface area contributed by atoms with Gasteiger partial charge in [0.15, 0.2) is 5.78 Å². The zero-order valence-electron chi connectivity index (χ0n) is 16.8. The fourth-order valence-corrected chi connectivity index (χ4v) is 4.92. The van der Waals surface area contributed by atoms with Crippen LogP contribution in [0.4, 0.5) is 11.4 Å². The maximum absolute atomic E-state index is 13.5. The van der Waals surface area contributed by atoms with E-state index in [1.165, 1.54) is 11.1 Å². The summed E-state index contributed by atoms with van der Waals surface area (Å²) in [6, 6.07) is 24.8. The SMILES string of the molecule is Cc1ccc([C@H]2CC(=O)C3=C(C2)Nc2ccccc2N[C@@H]3c2cccc(Br)c2)cc1. The van der Waals surface area contributed by atoms with Gasteiger partial charge in [0, 0.05) is 22.2 Å². The van der Waals surface area contributed by atoms with Gasteiger partial charge in [-0.05, 0) is 54.7 Å². The summed E-state index contributed by atoms with van der Waals surface area (Å²) in [7, 11) is 0. The molecule has 150 valence electrons. The van der Waals surface area contributed by atoms with Crippen LogP contribution < -0.4 is 10.6 Å². The summed E-state index contributed by atoms with van der Waals surface area (Å²) in [5.74, 6) is 0.400. The molecule has 0 amide bonds. The molecule has 1 heterocycles. The molecule has 2 N–H and O–H groups in total. The molecule has 30 heavy (non-hydrogen) atoms. The molecule has 5 rings (SSSR count). The molecule has 2 aliphatic rings. The fraction of sp³-hybridized carbons (Fsp3) is 0.192. The number of Topliss-reactive ketones (excluding diaryl/α,β-unsaturated/α-hetero) is 1. The monoisotopic (exact) mass is 458 g/mol. The number of aryl methyl sites for hydroxylation is 1. The largest absolute Gasteiger partial charge is 0.372 e. The Morgan fingerprint density at radius 1 is 0.867 bits per heavy atom. The average Bonchev–Trinajstić information content (AvgIpc) is 2.91. The van der Waals surface area contributed by atoms with Crippen LogP contribution in [0.2, 0.25) is 0 Å². The van der Waals surface area contributed by atoms with E-state index in [4.69, 9.17) is 0 Å². The molecule has 0 bridgehead atoms. The number of carbonyl (C=O) groups is 1. The molecule has 0 unspecified atom stereocenters. The first-order valence-electron chi connectivity index (χ1n) is 10.3.